The van der Waals surface area contributed by atoms with Crippen molar-refractivity contribution in [1.82, 2.24) is 4.98 Å². The molecule has 0 aliphatic rings. The van der Waals surface area contributed by atoms with Crippen molar-refractivity contribution in [3.8, 4) is 17.3 Å². The Labute approximate surface area is 152 Å². The Balaban J connectivity index is 1.96. The summed E-state index contributed by atoms with van der Waals surface area (Å²) >= 11 is 7.27. The molecule has 0 unspecified atom stereocenters. The van der Waals surface area contributed by atoms with Crippen LogP contribution >= 0.6 is 22.9 Å². The molecule has 7 heteroatoms. The lowest BCUT2D eigenvalue weighted by Gasteiger charge is -1.98. The smallest absolute Gasteiger partial charge is 0.258 e. The highest BCUT2D eigenvalue weighted by Crippen LogP contribution is 2.29. The van der Waals surface area contributed by atoms with Crippen LogP contribution in [0.1, 0.15) is 10.6 Å². The number of hydrogen-bond acceptors (Lipinski definition) is 5. The van der Waals surface area contributed by atoms with Crippen LogP contribution < -0.4 is 0 Å². The fourth-order valence-electron chi connectivity index (χ4n) is 2.21. The number of hydrogen-bond donors (Lipinski definition) is 0. The number of non-ortho nitro benzene ring substituents is 1. The summed E-state index contributed by atoms with van der Waals surface area (Å²) in [7, 11) is 0. The quantitative estimate of drug-likeness (QED) is 0.349. The lowest BCUT2D eigenvalue weighted by molar-refractivity contribution is -0.384. The fraction of sp³-hybridized carbons (Fsp3) is 0. The van der Waals surface area contributed by atoms with E-state index < -0.39 is 4.92 Å². The molecule has 25 heavy (non-hydrogen) atoms. The number of benzene rings is 2. The van der Waals surface area contributed by atoms with E-state index in [9.17, 15) is 15.4 Å². The molecular weight excluding hydrogens is 358 g/mol. The van der Waals surface area contributed by atoms with Crippen molar-refractivity contribution >= 4 is 40.3 Å². The van der Waals surface area contributed by atoms with E-state index in [2.05, 4.69) is 11.1 Å². The second kappa shape index (κ2) is 7.26. The van der Waals surface area contributed by atoms with Crippen LogP contribution in [0.15, 0.2) is 53.9 Å². The minimum absolute atomic E-state index is 0.00188. The minimum Gasteiger partial charge on any atom is -0.258 e. The molecule has 0 fully saturated rings. The molecule has 3 aromatic rings. The van der Waals surface area contributed by atoms with Gasteiger partial charge in [-0.25, -0.2) is 4.98 Å². The molecule has 0 saturated heterocycles. The molecule has 0 N–H and O–H groups in total. The zero-order chi connectivity index (χ0) is 17.8. The Bertz CT molecular complexity index is 1020. The fourth-order valence-corrected chi connectivity index (χ4v) is 3.21. The first kappa shape index (κ1) is 16.8. The van der Waals surface area contributed by atoms with Gasteiger partial charge in [0, 0.05) is 28.1 Å². The molecular formula is C18H10ClN3O2S. The van der Waals surface area contributed by atoms with Crippen LogP contribution in [0.3, 0.4) is 0 Å². The predicted octanol–water partition coefficient (Wildman–Crippen LogP) is 5.44. The van der Waals surface area contributed by atoms with Crippen molar-refractivity contribution < 1.29 is 4.92 Å². The topological polar surface area (TPSA) is 79.8 Å². The SMILES string of the molecule is N#C/C(=C\c1cccc(Cl)c1)c1nc(-c2cccc([N+](=O)[O-])c2)cs1. The Morgan fingerprint density at radius 1 is 1.28 bits per heavy atom. The number of nitriles is 1. The van der Waals surface area contributed by atoms with Crippen LogP contribution in [0.4, 0.5) is 5.69 Å². The summed E-state index contributed by atoms with van der Waals surface area (Å²) in [5, 5.41) is 23.2. The third-order valence-electron chi connectivity index (χ3n) is 3.37. The van der Waals surface area contributed by atoms with E-state index in [0.29, 0.717) is 26.9 Å². The van der Waals surface area contributed by atoms with Gasteiger partial charge in [0.2, 0.25) is 0 Å². The number of rotatable bonds is 4. The molecule has 0 aliphatic carbocycles. The summed E-state index contributed by atoms with van der Waals surface area (Å²) in [6.07, 6.45) is 1.71. The van der Waals surface area contributed by atoms with Crippen LogP contribution in [0.5, 0.6) is 0 Å². The molecule has 2 aromatic carbocycles. The number of nitro benzene ring substituents is 1. The number of nitro groups is 1. The van der Waals surface area contributed by atoms with Gasteiger partial charge in [-0.1, -0.05) is 35.9 Å². The predicted molar refractivity (Wildman–Crippen MR) is 99.1 cm³/mol. The van der Waals surface area contributed by atoms with Gasteiger partial charge in [0.1, 0.15) is 11.1 Å². The van der Waals surface area contributed by atoms with Gasteiger partial charge in [0.05, 0.1) is 16.2 Å². The highest BCUT2D eigenvalue weighted by atomic mass is 35.5. The largest absolute Gasteiger partial charge is 0.270 e. The van der Waals surface area contributed by atoms with Crippen molar-refractivity contribution in [2.24, 2.45) is 0 Å². The summed E-state index contributed by atoms with van der Waals surface area (Å²) < 4.78 is 0. The third kappa shape index (κ3) is 3.91. The molecule has 0 bridgehead atoms. The molecule has 5 nitrogen and oxygen atoms in total. The Morgan fingerprint density at radius 3 is 2.80 bits per heavy atom. The first-order chi connectivity index (χ1) is 12.1. The zero-order valence-corrected chi connectivity index (χ0v) is 14.3. The Kier molecular flexibility index (Phi) is 4.89. The average Bonchev–Trinajstić information content (AvgIpc) is 3.10. The maximum absolute atomic E-state index is 10.9. The number of aromatic nitrogens is 1. The molecule has 1 heterocycles. The lowest BCUT2D eigenvalue weighted by atomic mass is 10.1. The first-order valence-corrected chi connectivity index (χ1v) is 8.40. The van der Waals surface area contributed by atoms with Gasteiger partial charge in [-0.15, -0.1) is 11.3 Å². The van der Waals surface area contributed by atoms with Gasteiger partial charge >= 0.3 is 0 Å². The molecule has 0 aliphatic heterocycles. The van der Waals surface area contributed by atoms with Gasteiger partial charge in [0.25, 0.3) is 5.69 Å². The van der Waals surface area contributed by atoms with Crippen LogP contribution in [0.25, 0.3) is 22.9 Å². The number of thiazole rings is 1. The van der Waals surface area contributed by atoms with Crippen molar-refractivity contribution in [1.29, 1.82) is 5.26 Å². The van der Waals surface area contributed by atoms with Crippen molar-refractivity contribution in [3.05, 3.63) is 79.6 Å². The van der Waals surface area contributed by atoms with Crippen LogP contribution in [-0.2, 0) is 0 Å². The molecule has 0 atom stereocenters. The van der Waals surface area contributed by atoms with E-state index in [4.69, 9.17) is 11.6 Å². The summed E-state index contributed by atoms with van der Waals surface area (Å²) in [6.45, 7) is 0. The molecule has 3 rings (SSSR count). The van der Waals surface area contributed by atoms with E-state index in [1.807, 2.05) is 6.07 Å². The van der Waals surface area contributed by atoms with E-state index >= 15 is 0 Å². The van der Waals surface area contributed by atoms with Crippen molar-refractivity contribution in [3.63, 3.8) is 0 Å². The van der Waals surface area contributed by atoms with Crippen molar-refractivity contribution in [2.75, 3.05) is 0 Å². The second-order valence-corrected chi connectivity index (χ2v) is 6.36. The third-order valence-corrected chi connectivity index (χ3v) is 4.48. The Morgan fingerprint density at radius 2 is 2.08 bits per heavy atom. The first-order valence-electron chi connectivity index (χ1n) is 7.15. The summed E-state index contributed by atoms with van der Waals surface area (Å²) in [4.78, 5) is 14.9. The summed E-state index contributed by atoms with van der Waals surface area (Å²) in [6, 6.07) is 15.6. The van der Waals surface area contributed by atoms with Gasteiger partial charge < -0.3 is 0 Å². The monoisotopic (exact) mass is 367 g/mol. The van der Waals surface area contributed by atoms with Crippen LogP contribution in [0.2, 0.25) is 5.02 Å². The maximum atomic E-state index is 10.9. The number of nitrogens with zero attached hydrogens (tertiary/aromatic N) is 3. The van der Waals surface area contributed by atoms with Gasteiger partial charge in [-0.2, -0.15) is 5.26 Å². The normalized spacial score (nSPS) is 11.1. The molecule has 0 radical (unpaired) electrons. The van der Waals surface area contributed by atoms with Gasteiger partial charge in [0.15, 0.2) is 0 Å². The van der Waals surface area contributed by atoms with Crippen LogP contribution in [0, 0.1) is 21.4 Å². The second-order valence-electron chi connectivity index (χ2n) is 5.07. The molecule has 0 saturated carbocycles. The Hall–Kier alpha value is -3.01. The van der Waals surface area contributed by atoms with E-state index in [0.717, 1.165) is 5.56 Å². The van der Waals surface area contributed by atoms with E-state index in [-0.39, 0.29) is 5.69 Å². The van der Waals surface area contributed by atoms with E-state index in [1.54, 1.807) is 41.8 Å². The standard InChI is InChI=1S/C18H10ClN3O2S/c19-15-5-1-3-12(8-15)7-14(10-20)18-21-17(11-25-18)13-4-2-6-16(9-13)22(23)24/h1-9,11H/b14-7+. The molecule has 0 spiro atoms. The zero-order valence-electron chi connectivity index (χ0n) is 12.7. The highest BCUT2D eigenvalue weighted by molar-refractivity contribution is 7.11. The summed E-state index contributed by atoms with van der Waals surface area (Å²) in [5.74, 6) is 0. The molecule has 122 valence electrons. The van der Waals surface area contributed by atoms with Crippen molar-refractivity contribution in [2.45, 2.75) is 0 Å². The maximum Gasteiger partial charge on any atom is 0.270 e. The average molecular weight is 368 g/mol. The highest BCUT2D eigenvalue weighted by Gasteiger charge is 2.12. The molecule has 0 amide bonds. The minimum atomic E-state index is -0.448. The molecule has 1 aromatic heterocycles. The van der Waals surface area contributed by atoms with E-state index in [1.165, 1.54) is 23.5 Å². The van der Waals surface area contributed by atoms with Crippen LogP contribution in [-0.4, -0.2) is 9.91 Å². The number of allylic oxidation sites excluding steroid dienone is 1. The van der Waals surface area contributed by atoms with Gasteiger partial charge in [-0.05, 0) is 23.8 Å². The number of halogens is 1. The summed E-state index contributed by atoms with van der Waals surface area (Å²) in [5.41, 5.74) is 2.44. The van der Waals surface area contributed by atoms with Gasteiger partial charge in [-0.3, -0.25) is 10.1 Å². The lowest BCUT2D eigenvalue weighted by Crippen LogP contribution is -1.88.